The van der Waals surface area contributed by atoms with E-state index in [4.69, 9.17) is 0 Å². The predicted octanol–water partition coefficient (Wildman–Crippen LogP) is 2.79. The van der Waals surface area contributed by atoms with Gasteiger partial charge >= 0.3 is 0 Å². The van der Waals surface area contributed by atoms with Crippen LogP contribution in [-0.4, -0.2) is 14.2 Å². The molecule has 3 aromatic rings. The van der Waals surface area contributed by atoms with Gasteiger partial charge in [-0.25, -0.2) is 4.37 Å². The number of benzene rings is 1. The smallest absolute Gasteiger partial charge is 0.0572 e. The van der Waals surface area contributed by atoms with Crippen LogP contribution >= 0.6 is 11.5 Å². The Bertz CT molecular complexity index is 575. The summed E-state index contributed by atoms with van der Waals surface area (Å²) >= 11 is 1.37. The average molecular weight is 419 g/mol. The molecule has 2 aromatic heterocycles. The molecule has 0 aliphatic rings. The fraction of sp³-hybridized carbons (Fsp3) is 0. The fourth-order valence-electron chi connectivity index (χ4n) is 1.51. The third-order valence-electron chi connectivity index (χ3n) is 2.29. The van der Waals surface area contributed by atoms with Crippen molar-refractivity contribution in [3.63, 3.8) is 0 Å². The zero-order chi connectivity index (χ0) is 10.8. The molecule has 0 aliphatic heterocycles. The van der Waals surface area contributed by atoms with Crippen LogP contribution in [0, 0.1) is 6.07 Å². The molecule has 0 fully saturated rings. The van der Waals surface area contributed by atoms with Gasteiger partial charge in [0.1, 0.15) is 0 Å². The number of rotatable bonds is 2. The van der Waals surface area contributed by atoms with Gasteiger partial charge in [0.25, 0.3) is 0 Å². The Morgan fingerprint density at radius 2 is 1.94 bits per heavy atom. The molecule has 0 spiro atoms. The largest absolute Gasteiger partial charge is 0.412 e. The molecule has 17 heavy (non-hydrogen) atoms. The molecule has 1 radical (unpaired) electrons. The Morgan fingerprint density at radius 3 is 2.65 bits per heavy atom. The summed E-state index contributed by atoms with van der Waals surface area (Å²) in [4.78, 5) is 0. The Balaban J connectivity index is 0.00000108. The maximum atomic E-state index is 4.26. The van der Waals surface area contributed by atoms with Crippen LogP contribution in [0.2, 0.25) is 0 Å². The van der Waals surface area contributed by atoms with Gasteiger partial charge < -0.3 is 6.07 Å². The van der Waals surface area contributed by atoms with Crippen LogP contribution in [0.4, 0.5) is 0 Å². The zero-order valence-electron chi connectivity index (χ0n) is 8.70. The van der Waals surface area contributed by atoms with Crippen LogP contribution in [0.3, 0.4) is 0 Å². The Morgan fingerprint density at radius 1 is 1.12 bits per heavy atom. The van der Waals surface area contributed by atoms with E-state index in [1.54, 1.807) is 4.68 Å². The van der Waals surface area contributed by atoms with Gasteiger partial charge in [-0.2, -0.15) is 10.5 Å². The van der Waals surface area contributed by atoms with Crippen molar-refractivity contribution >= 4 is 11.5 Å². The van der Waals surface area contributed by atoms with Crippen LogP contribution in [0.1, 0.15) is 0 Å². The second kappa shape index (κ2) is 5.36. The molecule has 5 heteroatoms. The number of aromatic nitrogens is 3. The molecule has 2 heterocycles. The molecule has 3 nitrogen and oxygen atoms in total. The van der Waals surface area contributed by atoms with Crippen LogP contribution < -0.4 is 0 Å². The van der Waals surface area contributed by atoms with Crippen molar-refractivity contribution in [2.75, 3.05) is 0 Å². The fourth-order valence-corrected chi connectivity index (χ4v) is 1.95. The molecular weight excluding hydrogens is 410 g/mol. The first-order valence-electron chi connectivity index (χ1n) is 4.86. The van der Waals surface area contributed by atoms with Gasteiger partial charge in [-0.15, -0.1) is 0 Å². The standard InChI is InChI=1S/C12H8N3S.Ir/c1-2-4-10(5-3-1)11-8-13-15(9-11)12-6-7-16-14-12;/h1-5,7-9H;/q-1;. The summed E-state index contributed by atoms with van der Waals surface area (Å²) in [7, 11) is 0. The van der Waals surface area contributed by atoms with E-state index in [0.717, 1.165) is 16.9 Å². The molecule has 0 saturated heterocycles. The van der Waals surface area contributed by atoms with E-state index in [-0.39, 0.29) is 20.1 Å². The second-order valence-corrected chi connectivity index (χ2v) is 3.95. The van der Waals surface area contributed by atoms with Gasteiger partial charge in [0.05, 0.1) is 6.20 Å². The van der Waals surface area contributed by atoms with E-state index in [1.807, 2.05) is 36.0 Å². The topological polar surface area (TPSA) is 30.7 Å². The van der Waals surface area contributed by atoms with Gasteiger partial charge in [0, 0.05) is 31.9 Å². The van der Waals surface area contributed by atoms with Crippen molar-refractivity contribution in [1.82, 2.24) is 14.2 Å². The van der Waals surface area contributed by atoms with Gasteiger partial charge in [0.2, 0.25) is 0 Å². The van der Waals surface area contributed by atoms with E-state index in [0.29, 0.717) is 0 Å². The van der Waals surface area contributed by atoms with Crippen molar-refractivity contribution in [2.24, 2.45) is 0 Å². The molecule has 3 rings (SSSR count). The van der Waals surface area contributed by atoms with Gasteiger partial charge in [-0.05, 0) is 11.4 Å². The summed E-state index contributed by atoms with van der Waals surface area (Å²) in [6.07, 6.45) is 3.80. The number of hydrogen-bond acceptors (Lipinski definition) is 3. The summed E-state index contributed by atoms with van der Waals surface area (Å²) in [5, 5.41) is 6.08. The maximum Gasteiger partial charge on any atom is 0.0572 e. The summed E-state index contributed by atoms with van der Waals surface area (Å²) < 4.78 is 5.92. The summed E-state index contributed by atoms with van der Waals surface area (Å²) in [5.74, 6) is 0.743. The second-order valence-electron chi connectivity index (χ2n) is 3.32. The zero-order valence-corrected chi connectivity index (χ0v) is 11.9. The van der Waals surface area contributed by atoms with Gasteiger partial charge in [-0.3, -0.25) is 4.68 Å². The van der Waals surface area contributed by atoms with Crippen LogP contribution in [0.25, 0.3) is 16.9 Å². The minimum absolute atomic E-state index is 0. The first-order valence-corrected chi connectivity index (χ1v) is 5.70. The van der Waals surface area contributed by atoms with E-state index in [1.165, 1.54) is 11.5 Å². The summed E-state index contributed by atoms with van der Waals surface area (Å²) in [6.45, 7) is 0. The quantitative estimate of drug-likeness (QED) is 0.600. The molecule has 0 saturated carbocycles. The van der Waals surface area contributed by atoms with E-state index in [9.17, 15) is 0 Å². The molecule has 0 amide bonds. The third-order valence-corrected chi connectivity index (χ3v) is 2.79. The molecule has 0 N–H and O–H groups in total. The minimum Gasteiger partial charge on any atom is -0.412 e. The molecular formula is C12H8IrN3S-. The molecule has 0 aliphatic carbocycles. The number of hydrogen-bond donors (Lipinski definition) is 0. The van der Waals surface area contributed by atoms with Crippen molar-refractivity contribution in [2.45, 2.75) is 0 Å². The Hall–Kier alpha value is -1.29. The van der Waals surface area contributed by atoms with Crippen LogP contribution in [-0.2, 0) is 20.1 Å². The molecule has 0 bridgehead atoms. The van der Waals surface area contributed by atoms with E-state index >= 15 is 0 Å². The van der Waals surface area contributed by atoms with E-state index < -0.39 is 0 Å². The van der Waals surface area contributed by atoms with Crippen molar-refractivity contribution in [3.8, 4) is 16.9 Å². The molecule has 0 unspecified atom stereocenters. The summed E-state index contributed by atoms with van der Waals surface area (Å²) in [5.41, 5.74) is 2.24. The monoisotopic (exact) mass is 419 g/mol. The first kappa shape index (κ1) is 12.2. The Kier molecular flexibility index (Phi) is 3.84. The maximum absolute atomic E-state index is 4.26. The van der Waals surface area contributed by atoms with Crippen molar-refractivity contribution in [3.05, 3.63) is 54.2 Å². The van der Waals surface area contributed by atoms with Gasteiger partial charge in [0.15, 0.2) is 0 Å². The van der Waals surface area contributed by atoms with Crippen LogP contribution in [0.15, 0.2) is 48.1 Å². The molecule has 87 valence electrons. The SMILES string of the molecule is [Ir].[c-]1csnc1-n1cc(-c2ccccc2)cn1. The van der Waals surface area contributed by atoms with Crippen molar-refractivity contribution < 1.29 is 20.1 Å². The van der Waals surface area contributed by atoms with Gasteiger partial charge in [-0.1, -0.05) is 41.9 Å². The summed E-state index contributed by atoms with van der Waals surface area (Å²) in [6, 6.07) is 13.2. The third kappa shape index (κ3) is 2.52. The predicted molar refractivity (Wildman–Crippen MR) is 63.5 cm³/mol. The molecule has 0 atom stereocenters. The van der Waals surface area contributed by atoms with E-state index in [2.05, 4.69) is 27.7 Å². The minimum atomic E-state index is 0. The number of nitrogens with zero attached hydrogens (tertiary/aromatic N) is 3. The Labute approximate surface area is 117 Å². The normalized spacial score (nSPS) is 9.88. The molecule has 1 aromatic carbocycles. The van der Waals surface area contributed by atoms with Crippen molar-refractivity contribution in [1.29, 1.82) is 0 Å². The first-order chi connectivity index (χ1) is 7.93. The van der Waals surface area contributed by atoms with Crippen LogP contribution in [0.5, 0.6) is 0 Å². The average Bonchev–Trinajstić information content (AvgIpc) is 3.01.